The zero-order chi connectivity index (χ0) is 13.9. The maximum atomic E-state index is 10.3. The Morgan fingerprint density at radius 2 is 2.26 bits per heavy atom. The normalized spacial score (nSPS) is 18.8. The fourth-order valence-corrected chi connectivity index (χ4v) is 3.12. The molecule has 1 fully saturated rings. The maximum absolute atomic E-state index is 10.3. The number of thiazole rings is 1. The molecule has 19 heavy (non-hydrogen) atoms. The van der Waals surface area contributed by atoms with E-state index in [-0.39, 0.29) is 0 Å². The highest BCUT2D eigenvalue weighted by molar-refractivity contribution is 7.11. The van der Waals surface area contributed by atoms with Gasteiger partial charge in [-0.3, -0.25) is 0 Å². The molecule has 0 spiro atoms. The molecule has 0 saturated heterocycles. The number of nitrogens with zero attached hydrogens (tertiary/aromatic N) is 1. The number of aliphatic hydroxyl groups is 1. The highest BCUT2D eigenvalue weighted by atomic mass is 32.1. The monoisotopic (exact) mass is 282 g/mol. The van der Waals surface area contributed by atoms with Crippen LogP contribution in [0.15, 0.2) is 6.20 Å². The van der Waals surface area contributed by atoms with Crippen molar-refractivity contribution in [3.05, 3.63) is 16.1 Å². The molecular formula is C15H26N2OS. The van der Waals surface area contributed by atoms with Gasteiger partial charge in [-0.25, -0.2) is 4.98 Å². The van der Waals surface area contributed by atoms with Crippen molar-refractivity contribution in [2.75, 3.05) is 6.54 Å². The molecule has 1 unspecified atom stereocenters. The van der Waals surface area contributed by atoms with Gasteiger partial charge in [-0.05, 0) is 38.5 Å². The lowest BCUT2D eigenvalue weighted by molar-refractivity contribution is 0.0451. The molecule has 0 bridgehead atoms. The van der Waals surface area contributed by atoms with Gasteiger partial charge in [0.25, 0.3) is 0 Å². The van der Waals surface area contributed by atoms with Crippen LogP contribution < -0.4 is 5.32 Å². The molecule has 2 N–H and O–H groups in total. The van der Waals surface area contributed by atoms with Gasteiger partial charge in [0.2, 0.25) is 0 Å². The fraction of sp³-hybridized carbons (Fsp3) is 0.800. The Hall–Kier alpha value is -0.450. The standard InChI is InChI=1S/C15H26N2OS/c1-11(2)6-7-15(3,18)10-16-8-13-9-17-14(19-13)12-4-5-12/h9,11-12,16,18H,4-8,10H2,1-3H3. The van der Waals surface area contributed by atoms with Crippen LogP contribution in [-0.4, -0.2) is 22.2 Å². The van der Waals surface area contributed by atoms with E-state index in [9.17, 15) is 5.11 Å². The van der Waals surface area contributed by atoms with Crippen molar-refractivity contribution in [3.8, 4) is 0 Å². The highest BCUT2D eigenvalue weighted by Gasteiger charge is 2.26. The van der Waals surface area contributed by atoms with Crippen molar-refractivity contribution in [2.45, 2.75) is 64.5 Å². The maximum Gasteiger partial charge on any atom is 0.0959 e. The highest BCUT2D eigenvalue weighted by Crippen LogP contribution is 2.41. The zero-order valence-corrected chi connectivity index (χ0v) is 13.1. The average Bonchev–Trinajstić information content (AvgIpc) is 3.08. The molecule has 1 aromatic rings. The van der Waals surface area contributed by atoms with Gasteiger partial charge in [0.15, 0.2) is 0 Å². The Morgan fingerprint density at radius 1 is 1.53 bits per heavy atom. The van der Waals surface area contributed by atoms with E-state index in [1.807, 2.05) is 24.5 Å². The molecule has 108 valence electrons. The van der Waals surface area contributed by atoms with Gasteiger partial charge in [0.05, 0.1) is 10.6 Å². The first-order valence-electron chi connectivity index (χ1n) is 7.34. The largest absolute Gasteiger partial charge is 0.389 e. The van der Waals surface area contributed by atoms with Crippen molar-refractivity contribution in [2.24, 2.45) is 5.92 Å². The third-order valence-corrected chi connectivity index (χ3v) is 4.72. The Morgan fingerprint density at radius 3 is 2.89 bits per heavy atom. The van der Waals surface area contributed by atoms with Gasteiger partial charge in [0.1, 0.15) is 0 Å². The summed E-state index contributed by atoms with van der Waals surface area (Å²) < 4.78 is 0. The van der Waals surface area contributed by atoms with E-state index in [2.05, 4.69) is 24.1 Å². The van der Waals surface area contributed by atoms with Crippen LogP contribution in [-0.2, 0) is 6.54 Å². The average molecular weight is 282 g/mol. The summed E-state index contributed by atoms with van der Waals surface area (Å²) in [6, 6.07) is 0. The molecule has 1 aromatic heterocycles. The number of nitrogens with one attached hydrogen (secondary N) is 1. The van der Waals surface area contributed by atoms with Gasteiger partial charge >= 0.3 is 0 Å². The Labute approximate surface area is 120 Å². The smallest absolute Gasteiger partial charge is 0.0959 e. The Kier molecular flexibility index (Phi) is 4.98. The van der Waals surface area contributed by atoms with Crippen LogP contribution in [0.1, 0.15) is 62.3 Å². The summed E-state index contributed by atoms with van der Waals surface area (Å²) in [5.41, 5.74) is -0.603. The Balaban J connectivity index is 1.69. The van der Waals surface area contributed by atoms with E-state index < -0.39 is 5.60 Å². The quantitative estimate of drug-likeness (QED) is 0.769. The van der Waals surface area contributed by atoms with Crippen LogP contribution in [0.4, 0.5) is 0 Å². The van der Waals surface area contributed by atoms with Gasteiger partial charge in [-0.1, -0.05) is 13.8 Å². The topological polar surface area (TPSA) is 45.1 Å². The first kappa shape index (κ1) is 14.9. The second kappa shape index (κ2) is 6.33. The number of aromatic nitrogens is 1. The van der Waals surface area contributed by atoms with Gasteiger partial charge in [-0.15, -0.1) is 11.3 Å². The first-order chi connectivity index (χ1) is 8.96. The number of hydrogen-bond acceptors (Lipinski definition) is 4. The van der Waals surface area contributed by atoms with Gasteiger partial charge in [0, 0.05) is 30.1 Å². The summed E-state index contributed by atoms with van der Waals surface area (Å²) in [7, 11) is 0. The third kappa shape index (κ3) is 5.21. The predicted molar refractivity (Wildman–Crippen MR) is 80.5 cm³/mol. The van der Waals surface area contributed by atoms with Crippen LogP contribution >= 0.6 is 11.3 Å². The van der Waals surface area contributed by atoms with Gasteiger partial charge in [-0.2, -0.15) is 0 Å². The number of hydrogen-bond donors (Lipinski definition) is 2. The summed E-state index contributed by atoms with van der Waals surface area (Å²) in [4.78, 5) is 5.75. The van der Waals surface area contributed by atoms with Crippen molar-refractivity contribution in [1.29, 1.82) is 0 Å². The summed E-state index contributed by atoms with van der Waals surface area (Å²) in [6.07, 6.45) is 6.53. The van der Waals surface area contributed by atoms with E-state index in [1.54, 1.807) is 0 Å². The molecule has 0 amide bonds. The summed E-state index contributed by atoms with van der Waals surface area (Å²) >= 11 is 1.82. The van der Waals surface area contributed by atoms with E-state index in [0.29, 0.717) is 12.5 Å². The molecule has 1 atom stereocenters. The van der Waals surface area contributed by atoms with Crippen LogP contribution in [0.25, 0.3) is 0 Å². The fourth-order valence-electron chi connectivity index (χ4n) is 2.07. The van der Waals surface area contributed by atoms with Crippen molar-refractivity contribution in [3.63, 3.8) is 0 Å². The second-order valence-corrected chi connectivity index (χ2v) is 7.62. The van der Waals surface area contributed by atoms with Crippen molar-refractivity contribution < 1.29 is 5.11 Å². The van der Waals surface area contributed by atoms with Crippen LogP contribution in [0.2, 0.25) is 0 Å². The minimum atomic E-state index is -0.603. The van der Waals surface area contributed by atoms with Crippen LogP contribution in [0, 0.1) is 5.92 Å². The van der Waals surface area contributed by atoms with E-state index in [0.717, 1.165) is 25.3 Å². The molecular weight excluding hydrogens is 256 g/mol. The zero-order valence-electron chi connectivity index (χ0n) is 12.3. The molecule has 2 rings (SSSR count). The minimum absolute atomic E-state index is 0.603. The molecule has 0 radical (unpaired) electrons. The van der Waals surface area contributed by atoms with Crippen LogP contribution in [0.5, 0.6) is 0 Å². The molecule has 1 aliphatic rings. The summed E-state index contributed by atoms with van der Waals surface area (Å²) in [6.45, 7) is 7.78. The predicted octanol–water partition coefficient (Wildman–Crippen LogP) is 3.30. The molecule has 3 nitrogen and oxygen atoms in total. The van der Waals surface area contributed by atoms with Gasteiger partial charge < -0.3 is 10.4 Å². The summed E-state index contributed by atoms with van der Waals surface area (Å²) in [5, 5.41) is 14.9. The molecule has 4 heteroatoms. The molecule has 1 aliphatic carbocycles. The first-order valence-corrected chi connectivity index (χ1v) is 8.15. The van der Waals surface area contributed by atoms with E-state index in [1.165, 1.54) is 22.7 Å². The lowest BCUT2D eigenvalue weighted by Gasteiger charge is -2.24. The van der Waals surface area contributed by atoms with Crippen LogP contribution in [0.3, 0.4) is 0 Å². The second-order valence-electron chi connectivity index (χ2n) is 6.47. The lowest BCUT2D eigenvalue weighted by Crippen LogP contribution is -2.37. The third-order valence-electron chi connectivity index (χ3n) is 3.56. The molecule has 1 saturated carbocycles. The SMILES string of the molecule is CC(C)CCC(C)(O)CNCc1cnc(C2CC2)s1. The van der Waals surface area contributed by atoms with E-state index in [4.69, 9.17) is 0 Å². The van der Waals surface area contributed by atoms with Crippen molar-refractivity contribution >= 4 is 11.3 Å². The lowest BCUT2D eigenvalue weighted by atomic mass is 9.95. The number of rotatable bonds is 8. The Bertz CT molecular complexity index is 397. The molecule has 0 aliphatic heterocycles. The summed E-state index contributed by atoms with van der Waals surface area (Å²) in [5.74, 6) is 1.39. The molecule has 0 aromatic carbocycles. The minimum Gasteiger partial charge on any atom is -0.389 e. The molecule has 1 heterocycles. The van der Waals surface area contributed by atoms with E-state index >= 15 is 0 Å². The van der Waals surface area contributed by atoms with Crippen molar-refractivity contribution in [1.82, 2.24) is 10.3 Å².